The fraction of sp³-hybridized carbons (Fsp3) is 0.722. The molecule has 2 heterocycles. The largest absolute Gasteiger partial charge is 0.355 e. The van der Waals surface area contributed by atoms with Crippen molar-refractivity contribution in [2.45, 2.75) is 51.4 Å². The number of nitrogens with two attached hydrogens (primary N) is 1. The monoisotopic (exact) mass is 364 g/mol. The first-order valence-electron chi connectivity index (χ1n) is 9.34. The van der Waals surface area contributed by atoms with E-state index in [1.54, 1.807) is 11.3 Å². The second-order valence-corrected chi connectivity index (χ2v) is 8.15. The van der Waals surface area contributed by atoms with Crippen molar-refractivity contribution >= 4 is 23.2 Å². The zero-order valence-corrected chi connectivity index (χ0v) is 15.7. The summed E-state index contributed by atoms with van der Waals surface area (Å²) < 4.78 is 0. The number of likely N-dealkylation sites (tertiary alicyclic amines) is 1. The average Bonchev–Trinajstić information content (AvgIpc) is 3.28. The lowest BCUT2D eigenvalue weighted by atomic mass is 9.97. The first-order valence-corrected chi connectivity index (χ1v) is 10.2. The van der Waals surface area contributed by atoms with E-state index < -0.39 is 0 Å². The Labute approximate surface area is 153 Å². The van der Waals surface area contributed by atoms with Gasteiger partial charge in [-0.2, -0.15) is 0 Å². The Morgan fingerprint density at radius 1 is 1.28 bits per heavy atom. The lowest BCUT2D eigenvalue weighted by Crippen LogP contribution is -2.46. The molecule has 1 unspecified atom stereocenters. The van der Waals surface area contributed by atoms with Crippen LogP contribution in [0.2, 0.25) is 0 Å². The average molecular weight is 365 g/mol. The van der Waals surface area contributed by atoms with Crippen LogP contribution >= 0.6 is 11.3 Å². The molecule has 1 aromatic rings. The topological polar surface area (TPSA) is 88.3 Å². The van der Waals surface area contributed by atoms with Crippen LogP contribution in [-0.4, -0.2) is 47.9 Å². The van der Waals surface area contributed by atoms with Crippen LogP contribution in [0, 0.1) is 12.8 Å². The molecule has 25 heavy (non-hydrogen) atoms. The highest BCUT2D eigenvalue weighted by atomic mass is 32.1. The molecule has 0 radical (unpaired) electrons. The molecule has 2 amide bonds. The molecule has 2 fully saturated rings. The van der Waals surface area contributed by atoms with Gasteiger partial charge in [0.05, 0.1) is 16.6 Å². The third-order valence-electron chi connectivity index (χ3n) is 5.23. The van der Waals surface area contributed by atoms with E-state index in [0.717, 1.165) is 35.0 Å². The Kier molecular flexibility index (Phi) is 6.06. The number of aromatic nitrogens is 1. The smallest absolute Gasteiger partial charge is 0.265 e. The first kappa shape index (κ1) is 18.3. The Bertz CT molecular complexity index is 625. The van der Waals surface area contributed by atoms with Crippen LogP contribution in [0.5, 0.6) is 0 Å². The summed E-state index contributed by atoms with van der Waals surface area (Å²) in [6, 6.07) is 0. The van der Waals surface area contributed by atoms with Crippen molar-refractivity contribution in [2.75, 3.05) is 26.2 Å². The van der Waals surface area contributed by atoms with Crippen LogP contribution in [0.4, 0.5) is 0 Å². The van der Waals surface area contributed by atoms with E-state index in [1.165, 1.54) is 25.7 Å². The summed E-state index contributed by atoms with van der Waals surface area (Å²) in [7, 11) is 0. The molecular formula is C18H28N4O2S. The van der Waals surface area contributed by atoms with Crippen LogP contribution in [0.3, 0.4) is 0 Å². The van der Waals surface area contributed by atoms with Crippen molar-refractivity contribution in [3.63, 3.8) is 0 Å². The van der Waals surface area contributed by atoms with Crippen molar-refractivity contribution < 1.29 is 9.59 Å². The maximum absolute atomic E-state index is 13.0. The van der Waals surface area contributed by atoms with Gasteiger partial charge >= 0.3 is 0 Å². The SMILES string of the molecule is Cc1nc(C2CCCC2)sc1C(=O)N1CCCC(C(=O)NCCN)C1. The molecule has 1 atom stereocenters. The number of carbonyl (C=O) groups is 2. The van der Waals surface area contributed by atoms with Gasteiger partial charge in [-0.25, -0.2) is 4.98 Å². The summed E-state index contributed by atoms with van der Waals surface area (Å²) in [4.78, 5) is 32.4. The number of hydrogen-bond acceptors (Lipinski definition) is 5. The van der Waals surface area contributed by atoms with Gasteiger partial charge < -0.3 is 16.0 Å². The van der Waals surface area contributed by atoms with Gasteiger partial charge in [-0.1, -0.05) is 12.8 Å². The lowest BCUT2D eigenvalue weighted by molar-refractivity contribution is -0.126. The Balaban J connectivity index is 1.66. The first-order chi connectivity index (χ1) is 12.1. The highest BCUT2D eigenvalue weighted by molar-refractivity contribution is 7.13. The molecular weight excluding hydrogens is 336 g/mol. The number of carbonyl (C=O) groups excluding carboxylic acids is 2. The molecule has 2 aliphatic rings. The van der Waals surface area contributed by atoms with Crippen molar-refractivity contribution in [1.29, 1.82) is 0 Å². The second kappa shape index (κ2) is 8.27. The number of nitrogens with one attached hydrogen (secondary N) is 1. The molecule has 0 aromatic carbocycles. The van der Waals surface area contributed by atoms with E-state index in [0.29, 0.717) is 25.6 Å². The van der Waals surface area contributed by atoms with Crippen molar-refractivity contribution in [2.24, 2.45) is 11.7 Å². The molecule has 0 spiro atoms. The van der Waals surface area contributed by atoms with E-state index in [-0.39, 0.29) is 17.7 Å². The molecule has 0 bridgehead atoms. The molecule has 6 nitrogen and oxygen atoms in total. The highest BCUT2D eigenvalue weighted by Crippen LogP contribution is 2.37. The predicted octanol–water partition coefficient (Wildman–Crippen LogP) is 2.04. The Morgan fingerprint density at radius 3 is 2.76 bits per heavy atom. The molecule has 1 aliphatic heterocycles. The minimum absolute atomic E-state index is 0.00983. The predicted molar refractivity (Wildman–Crippen MR) is 98.8 cm³/mol. The number of rotatable bonds is 5. The minimum Gasteiger partial charge on any atom is -0.355 e. The summed E-state index contributed by atoms with van der Waals surface area (Å²) in [5.41, 5.74) is 6.28. The molecule has 1 saturated heterocycles. The summed E-state index contributed by atoms with van der Waals surface area (Å²) in [5, 5.41) is 3.96. The van der Waals surface area contributed by atoms with E-state index in [9.17, 15) is 9.59 Å². The van der Waals surface area contributed by atoms with Crippen LogP contribution in [0.1, 0.15) is 64.8 Å². The standard InChI is InChI=1S/C18H28N4O2S/c1-12-15(25-17(21-12)13-5-2-3-6-13)18(24)22-10-4-7-14(11-22)16(23)20-9-8-19/h13-14H,2-11,19H2,1H3,(H,20,23). The maximum Gasteiger partial charge on any atom is 0.265 e. The number of aryl methyl sites for hydroxylation is 1. The molecule has 3 rings (SSSR count). The number of piperidine rings is 1. The van der Waals surface area contributed by atoms with Crippen molar-refractivity contribution in [3.8, 4) is 0 Å². The van der Waals surface area contributed by atoms with Gasteiger partial charge in [0.25, 0.3) is 5.91 Å². The molecule has 1 aliphatic carbocycles. The fourth-order valence-corrected chi connectivity index (χ4v) is 5.03. The summed E-state index contributed by atoms with van der Waals surface area (Å²) >= 11 is 1.56. The van der Waals surface area contributed by atoms with Crippen LogP contribution < -0.4 is 11.1 Å². The van der Waals surface area contributed by atoms with Gasteiger partial charge in [0.2, 0.25) is 5.91 Å². The van der Waals surface area contributed by atoms with E-state index in [1.807, 2.05) is 11.8 Å². The molecule has 1 aromatic heterocycles. The van der Waals surface area contributed by atoms with E-state index in [4.69, 9.17) is 5.73 Å². The van der Waals surface area contributed by atoms with Crippen molar-refractivity contribution in [1.82, 2.24) is 15.2 Å². The lowest BCUT2D eigenvalue weighted by Gasteiger charge is -2.31. The summed E-state index contributed by atoms with van der Waals surface area (Å²) in [5.74, 6) is 0.444. The van der Waals surface area contributed by atoms with Crippen LogP contribution in [-0.2, 0) is 4.79 Å². The number of hydrogen-bond donors (Lipinski definition) is 2. The van der Waals surface area contributed by atoms with Gasteiger partial charge in [-0.05, 0) is 32.6 Å². The molecule has 1 saturated carbocycles. The quantitative estimate of drug-likeness (QED) is 0.837. The van der Waals surface area contributed by atoms with Gasteiger partial charge in [0, 0.05) is 32.1 Å². The number of nitrogens with zero attached hydrogens (tertiary/aromatic N) is 2. The van der Waals surface area contributed by atoms with Crippen LogP contribution in [0.25, 0.3) is 0 Å². The van der Waals surface area contributed by atoms with E-state index >= 15 is 0 Å². The number of thiazole rings is 1. The Hall–Kier alpha value is -1.47. The van der Waals surface area contributed by atoms with Gasteiger partial charge in [0.1, 0.15) is 4.88 Å². The second-order valence-electron chi connectivity index (χ2n) is 7.12. The maximum atomic E-state index is 13.0. The molecule has 3 N–H and O–H groups in total. The van der Waals surface area contributed by atoms with Gasteiger partial charge in [-0.3, -0.25) is 9.59 Å². The molecule has 7 heteroatoms. The van der Waals surface area contributed by atoms with E-state index in [2.05, 4.69) is 10.3 Å². The number of amides is 2. The zero-order valence-electron chi connectivity index (χ0n) is 14.9. The van der Waals surface area contributed by atoms with Crippen LogP contribution in [0.15, 0.2) is 0 Å². The third-order valence-corrected chi connectivity index (χ3v) is 6.54. The normalized spacial score (nSPS) is 21.5. The van der Waals surface area contributed by atoms with Gasteiger partial charge in [0.15, 0.2) is 0 Å². The third kappa shape index (κ3) is 4.20. The zero-order chi connectivity index (χ0) is 17.8. The molecule has 138 valence electrons. The highest BCUT2D eigenvalue weighted by Gasteiger charge is 2.31. The summed E-state index contributed by atoms with van der Waals surface area (Å²) in [6.07, 6.45) is 6.59. The minimum atomic E-state index is -0.133. The fourth-order valence-electron chi connectivity index (χ4n) is 3.82. The summed E-state index contributed by atoms with van der Waals surface area (Å²) in [6.45, 7) is 4.06. The van der Waals surface area contributed by atoms with Gasteiger partial charge in [-0.15, -0.1) is 11.3 Å². The Morgan fingerprint density at radius 2 is 2.04 bits per heavy atom. The van der Waals surface area contributed by atoms with Crippen molar-refractivity contribution in [3.05, 3.63) is 15.6 Å².